The first-order valence-electron chi connectivity index (χ1n) is 5.76. The van der Waals surface area contributed by atoms with E-state index in [1.807, 2.05) is 17.4 Å². The van der Waals surface area contributed by atoms with Crippen LogP contribution in [0.25, 0.3) is 10.8 Å². The van der Waals surface area contributed by atoms with E-state index in [0.29, 0.717) is 0 Å². The maximum Gasteiger partial charge on any atom is 0.0412 e. The van der Waals surface area contributed by atoms with Crippen LogP contribution in [-0.4, -0.2) is 0 Å². The van der Waals surface area contributed by atoms with Crippen LogP contribution < -0.4 is 0 Å². The van der Waals surface area contributed by atoms with Gasteiger partial charge < -0.3 is 0 Å². The lowest BCUT2D eigenvalue weighted by Gasteiger charge is -1.99. The summed E-state index contributed by atoms with van der Waals surface area (Å²) >= 11 is 7.88. The van der Waals surface area contributed by atoms with Gasteiger partial charge in [0.2, 0.25) is 0 Å². The topological polar surface area (TPSA) is 0 Å². The molecule has 0 unspecified atom stereocenters. The number of rotatable bonds is 5. The quantitative estimate of drug-likeness (QED) is 0.617. The zero-order chi connectivity index (χ0) is 11.4. The van der Waals surface area contributed by atoms with E-state index in [0.717, 1.165) is 11.4 Å². The molecule has 0 fully saturated rings. The van der Waals surface area contributed by atoms with E-state index < -0.39 is 0 Å². The molecule has 0 atom stereocenters. The Bertz CT molecular complexity index is 459. The summed E-state index contributed by atoms with van der Waals surface area (Å²) in [6.07, 6.45) is 6.01. The molecule has 0 aliphatic carbocycles. The van der Waals surface area contributed by atoms with Crippen molar-refractivity contribution < 1.29 is 0 Å². The Morgan fingerprint density at radius 1 is 1.19 bits per heavy atom. The predicted molar refractivity (Wildman–Crippen MR) is 74.4 cm³/mol. The van der Waals surface area contributed by atoms with Gasteiger partial charge in [-0.3, -0.25) is 0 Å². The minimum atomic E-state index is 0.838. The number of thiophene rings is 1. The lowest BCUT2D eigenvalue weighted by atomic mass is 10.1. The van der Waals surface area contributed by atoms with Gasteiger partial charge in [-0.2, -0.15) is 0 Å². The van der Waals surface area contributed by atoms with Crippen molar-refractivity contribution in [1.29, 1.82) is 0 Å². The maximum absolute atomic E-state index is 6.03. The first-order valence-corrected chi connectivity index (χ1v) is 7.02. The molecule has 1 radical (unpaired) electrons. The monoisotopic (exact) mass is 251 g/mol. The molecule has 0 aliphatic rings. The van der Waals surface area contributed by atoms with Gasteiger partial charge in [0.05, 0.1) is 0 Å². The van der Waals surface area contributed by atoms with Gasteiger partial charge in [-0.15, -0.1) is 11.3 Å². The first-order chi connectivity index (χ1) is 7.81. The third-order valence-electron chi connectivity index (χ3n) is 2.80. The van der Waals surface area contributed by atoms with Crippen LogP contribution >= 0.6 is 22.9 Å². The largest absolute Gasteiger partial charge is 0.148 e. The minimum Gasteiger partial charge on any atom is -0.148 e. The van der Waals surface area contributed by atoms with Gasteiger partial charge in [0.1, 0.15) is 0 Å². The van der Waals surface area contributed by atoms with Gasteiger partial charge in [-0.05, 0) is 41.1 Å². The first kappa shape index (κ1) is 11.9. The molecule has 2 rings (SSSR count). The SMILES string of the molecule is [CH2]CCCCCc1scc2ccc(Cl)cc12. The molecule has 0 aliphatic heterocycles. The second-order valence-electron chi connectivity index (χ2n) is 4.05. The molecule has 0 amide bonds. The highest BCUT2D eigenvalue weighted by atomic mass is 35.5. The van der Waals surface area contributed by atoms with Crippen molar-refractivity contribution >= 4 is 33.7 Å². The van der Waals surface area contributed by atoms with Gasteiger partial charge in [0.25, 0.3) is 0 Å². The predicted octanol–water partition coefficient (Wildman–Crippen LogP) is 5.49. The van der Waals surface area contributed by atoms with Crippen LogP contribution in [-0.2, 0) is 6.42 Å². The fraction of sp³-hybridized carbons (Fsp3) is 0.357. The van der Waals surface area contributed by atoms with Crippen molar-refractivity contribution in [3.8, 4) is 0 Å². The van der Waals surface area contributed by atoms with Crippen molar-refractivity contribution in [2.45, 2.75) is 32.1 Å². The Morgan fingerprint density at radius 2 is 2.06 bits per heavy atom. The number of unbranched alkanes of at least 4 members (excludes halogenated alkanes) is 3. The molecular formula is C14H16ClS. The molecule has 2 heteroatoms. The van der Waals surface area contributed by atoms with Crippen molar-refractivity contribution in [3.63, 3.8) is 0 Å². The molecule has 0 saturated heterocycles. The Morgan fingerprint density at radius 3 is 2.88 bits per heavy atom. The molecule has 0 bridgehead atoms. The highest BCUT2D eigenvalue weighted by Crippen LogP contribution is 2.29. The zero-order valence-electron chi connectivity index (χ0n) is 9.34. The Balaban J connectivity index is 2.09. The molecule has 2 aromatic rings. The third kappa shape index (κ3) is 2.78. The second kappa shape index (κ2) is 5.70. The Labute approximate surface area is 106 Å². The van der Waals surface area contributed by atoms with Gasteiger partial charge in [-0.1, -0.05) is 43.9 Å². The van der Waals surface area contributed by atoms with Gasteiger partial charge >= 0.3 is 0 Å². The second-order valence-corrected chi connectivity index (χ2v) is 5.46. The van der Waals surface area contributed by atoms with E-state index in [4.69, 9.17) is 11.6 Å². The van der Waals surface area contributed by atoms with Crippen LogP contribution in [0.4, 0.5) is 0 Å². The summed E-state index contributed by atoms with van der Waals surface area (Å²) in [7, 11) is 0. The van der Waals surface area contributed by atoms with Gasteiger partial charge in [0.15, 0.2) is 0 Å². The molecule has 0 N–H and O–H groups in total. The average molecular weight is 252 g/mol. The summed E-state index contributed by atoms with van der Waals surface area (Å²) in [5.41, 5.74) is 0. The lowest BCUT2D eigenvalue weighted by Crippen LogP contribution is -1.82. The lowest BCUT2D eigenvalue weighted by molar-refractivity contribution is 0.691. The summed E-state index contributed by atoms with van der Waals surface area (Å²) in [5, 5.41) is 5.72. The van der Waals surface area contributed by atoms with E-state index >= 15 is 0 Å². The van der Waals surface area contributed by atoms with Crippen LogP contribution in [0.5, 0.6) is 0 Å². The van der Waals surface area contributed by atoms with Crippen LogP contribution in [0.2, 0.25) is 5.02 Å². The van der Waals surface area contributed by atoms with E-state index in [-0.39, 0.29) is 0 Å². The van der Waals surface area contributed by atoms with E-state index in [2.05, 4.69) is 24.4 Å². The molecule has 1 aromatic carbocycles. The van der Waals surface area contributed by atoms with Gasteiger partial charge in [-0.25, -0.2) is 0 Å². The minimum absolute atomic E-state index is 0.838. The Kier molecular flexibility index (Phi) is 4.25. The normalized spacial score (nSPS) is 11.1. The van der Waals surface area contributed by atoms with Gasteiger partial charge in [0, 0.05) is 9.90 Å². The molecule has 1 aromatic heterocycles. The molecule has 16 heavy (non-hydrogen) atoms. The highest BCUT2D eigenvalue weighted by Gasteiger charge is 2.04. The molecule has 0 spiro atoms. The number of halogens is 1. The van der Waals surface area contributed by atoms with Crippen LogP contribution in [0.1, 0.15) is 30.6 Å². The maximum atomic E-state index is 6.03. The Hall–Kier alpha value is -0.530. The summed E-state index contributed by atoms with van der Waals surface area (Å²) in [6, 6.07) is 6.15. The van der Waals surface area contributed by atoms with Crippen LogP contribution in [0.15, 0.2) is 23.6 Å². The zero-order valence-corrected chi connectivity index (χ0v) is 10.9. The molecule has 1 heterocycles. The molecule has 0 nitrogen and oxygen atoms in total. The van der Waals surface area contributed by atoms with Crippen molar-refractivity contribution in [2.24, 2.45) is 0 Å². The average Bonchev–Trinajstić information content (AvgIpc) is 2.67. The fourth-order valence-electron chi connectivity index (χ4n) is 1.90. The summed E-state index contributed by atoms with van der Waals surface area (Å²) in [5.74, 6) is 0. The van der Waals surface area contributed by atoms with Crippen LogP contribution in [0.3, 0.4) is 0 Å². The number of benzene rings is 1. The standard InChI is InChI=1S/C14H16ClS/c1-2-3-4-5-6-14-13-9-12(15)8-7-11(13)10-16-14/h7-10H,1-6H2. The number of fused-ring (bicyclic) bond motifs is 1. The summed E-state index contributed by atoms with van der Waals surface area (Å²) < 4.78 is 0. The van der Waals surface area contributed by atoms with Crippen molar-refractivity contribution in [2.75, 3.05) is 0 Å². The smallest absolute Gasteiger partial charge is 0.0412 e. The number of aryl methyl sites for hydroxylation is 1. The summed E-state index contributed by atoms with van der Waals surface area (Å²) in [4.78, 5) is 1.47. The third-order valence-corrected chi connectivity index (χ3v) is 4.11. The van der Waals surface area contributed by atoms with E-state index in [1.165, 1.54) is 41.3 Å². The van der Waals surface area contributed by atoms with Crippen molar-refractivity contribution in [1.82, 2.24) is 0 Å². The van der Waals surface area contributed by atoms with E-state index in [9.17, 15) is 0 Å². The number of hydrogen-bond acceptors (Lipinski definition) is 1. The molecule has 85 valence electrons. The van der Waals surface area contributed by atoms with Crippen molar-refractivity contribution in [3.05, 3.63) is 40.4 Å². The molecular weight excluding hydrogens is 236 g/mol. The van der Waals surface area contributed by atoms with Crippen LogP contribution in [0, 0.1) is 6.92 Å². The van der Waals surface area contributed by atoms with E-state index in [1.54, 1.807) is 0 Å². The fourth-order valence-corrected chi connectivity index (χ4v) is 3.12. The number of hydrogen-bond donors (Lipinski definition) is 0. The highest BCUT2D eigenvalue weighted by molar-refractivity contribution is 7.11. The molecule has 0 saturated carbocycles. The summed E-state index contributed by atoms with van der Waals surface area (Å²) in [6.45, 7) is 3.87.